The third-order valence-electron chi connectivity index (χ3n) is 6.72. The minimum atomic E-state index is -1.01. The summed E-state index contributed by atoms with van der Waals surface area (Å²) in [6, 6.07) is 17.7. The number of thioether (sulfide) groups is 2. The molecule has 5 rings (SSSR count). The standard InChI is InChI=1S/C31H32N6O7S3/c1-31(2,3)44-20(38)15-42-35-21(25-34-30(32)47-36-25)26(39)33-22-27(40)37-23(19(45-4)16-46-28(22)37)29(41)43-24(17-11-7-5-8-12-17)18-13-9-6-10-14-18/h5-14,22,24,28H,15-16H2,1-4H3,(H,33,39)(H2,32,34,36)/b35-21+/t22?,28-/m1/s1. The molecular formula is C31H32N6O7S3. The molecule has 1 unspecified atom stereocenters. The van der Waals surface area contributed by atoms with E-state index in [-0.39, 0.29) is 22.4 Å². The normalized spacial score (nSPS) is 17.9. The molecule has 0 radical (unpaired) electrons. The van der Waals surface area contributed by atoms with E-state index in [4.69, 9.17) is 20.0 Å². The highest BCUT2D eigenvalue weighted by Crippen LogP contribution is 2.44. The second kappa shape index (κ2) is 14.6. The molecule has 0 aliphatic carbocycles. The van der Waals surface area contributed by atoms with E-state index in [0.29, 0.717) is 10.7 Å². The number of fused-ring (bicyclic) bond motifs is 1. The van der Waals surface area contributed by atoms with E-state index < -0.39 is 53.5 Å². The highest BCUT2D eigenvalue weighted by molar-refractivity contribution is 8.05. The molecule has 3 N–H and O–H groups in total. The predicted octanol–water partition coefficient (Wildman–Crippen LogP) is 3.49. The fraction of sp³-hybridized carbons (Fsp3) is 0.323. The molecule has 2 aliphatic rings. The number of nitrogen functional groups attached to an aromatic ring is 1. The average molecular weight is 697 g/mol. The molecule has 0 bridgehead atoms. The molecule has 1 fully saturated rings. The molecule has 16 heteroatoms. The molecule has 47 heavy (non-hydrogen) atoms. The number of benzene rings is 2. The van der Waals surface area contributed by atoms with Gasteiger partial charge in [0.15, 0.2) is 11.2 Å². The molecule has 2 amide bonds. The summed E-state index contributed by atoms with van der Waals surface area (Å²) in [6.07, 6.45) is 1.11. The lowest BCUT2D eigenvalue weighted by molar-refractivity contribution is -0.160. The van der Waals surface area contributed by atoms with E-state index in [2.05, 4.69) is 19.8 Å². The topological polar surface area (TPSA) is 175 Å². The van der Waals surface area contributed by atoms with Crippen molar-refractivity contribution in [1.82, 2.24) is 19.6 Å². The molecule has 0 saturated carbocycles. The van der Waals surface area contributed by atoms with Crippen LogP contribution in [0.1, 0.15) is 43.8 Å². The van der Waals surface area contributed by atoms with Crippen molar-refractivity contribution >= 4 is 69.7 Å². The van der Waals surface area contributed by atoms with Crippen molar-refractivity contribution in [3.63, 3.8) is 0 Å². The van der Waals surface area contributed by atoms with Crippen molar-refractivity contribution in [2.24, 2.45) is 5.16 Å². The maximum absolute atomic E-state index is 13.9. The number of carbonyl (C=O) groups excluding carboxylic acids is 4. The Labute approximate surface area is 283 Å². The molecule has 2 aromatic carbocycles. The number of aromatic nitrogens is 2. The first kappa shape index (κ1) is 33.9. The van der Waals surface area contributed by atoms with Crippen LogP contribution in [0.4, 0.5) is 5.13 Å². The Kier molecular flexibility index (Phi) is 10.5. The molecule has 2 atom stereocenters. The van der Waals surface area contributed by atoms with Crippen molar-refractivity contribution in [1.29, 1.82) is 0 Å². The zero-order chi connectivity index (χ0) is 33.7. The number of rotatable bonds is 11. The summed E-state index contributed by atoms with van der Waals surface area (Å²) in [6.45, 7) is 4.52. The molecule has 246 valence electrons. The van der Waals surface area contributed by atoms with Crippen LogP contribution < -0.4 is 11.1 Å². The number of nitrogens with zero attached hydrogens (tertiary/aromatic N) is 4. The number of oxime groups is 1. The summed E-state index contributed by atoms with van der Waals surface area (Å²) in [7, 11) is 0. The lowest BCUT2D eigenvalue weighted by Crippen LogP contribution is -2.71. The predicted molar refractivity (Wildman–Crippen MR) is 179 cm³/mol. The summed E-state index contributed by atoms with van der Waals surface area (Å²) >= 11 is 3.58. The van der Waals surface area contributed by atoms with Gasteiger partial charge in [0.05, 0.1) is 0 Å². The maximum atomic E-state index is 13.9. The first-order chi connectivity index (χ1) is 22.5. The smallest absolute Gasteiger partial charge is 0.356 e. The van der Waals surface area contributed by atoms with Crippen LogP contribution in [0.5, 0.6) is 0 Å². The Balaban J connectivity index is 1.33. The SMILES string of the molecule is CSC1=C(C(=O)OC(c2ccccc2)c2ccccc2)N2C(=O)C(NC(=O)/C(=N/OCC(=O)OC(C)(C)C)c3nsc(N)n3)[C@H]2SC1. The van der Waals surface area contributed by atoms with Crippen molar-refractivity contribution in [3.8, 4) is 0 Å². The zero-order valence-electron chi connectivity index (χ0n) is 25.9. The van der Waals surface area contributed by atoms with Crippen LogP contribution in [0.3, 0.4) is 0 Å². The zero-order valence-corrected chi connectivity index (χ0v) is 28.3. The quantitative estimate of drug-likeness (QED) is 0.129. The highest BCUT2D eigenvalue weighted by Gasteiger charge is 2.55. The van der Waals surface area contributed by atoms with Crippen molar-refractivity contribution in [2.45, 2.75) is 43.9 Å². The molecule has 3 aromatic rings. The van der Waals surface area contributed by atoms with Gasteiger partial charge in [0.2, 0.25) is 18.1 Å². The van der Waals surface area contributed by atoms with Crippen LogP contribution in [0.15, 0.2) is 76.4 Å². The van der Waals surface area contributed by atoms with Gasteiger partial charge in [-0.05, 0) is 38.2 Å². The van der Waals surface area contributed by atoms with E-state index in [0.717, 1.165) is 22.7 Å². The fourth-order valence-corrected chi connectivity index (χ4v) is 7.41. The highest BCUT2D eigenvalue weighted by atomic mass is 32.2. The van der Waals surface area contributed by atoms with E-state index in [9.17, 15) is 19.2 Å². The molecule has 1 aromatic heterocycles. The van der Waals surface area contributed by atoms with E-state index in [1.807, 2.05) is 66.9 Å². The van der Waals surface area contributed by atoms with E-state index in [1.165, 1.54) is 28.4 Å². The number of nitrogens with one attached hydrogen (secondary N) is 1. The summed E-state index contributed by atoms with van der Waals surface area (Å²) in [5.74, 6) is -2.43. The molecule has 13 nitrogen and oxygen atoms in total. The summed E-state index contributed by atoms with van der Waals surface area (Å²) in [4.78, 5) is 64.1. The first-order valence-corrected chi connectivity index (χ1v) is 17.4. The summed E-state index contributed by atoms with van der Waals surface area (Å²) < 4.78 is 15.3. The van der Waals surface area contributed by atoms with Gasteiger partial charge < -0.3 is 25.4 Å². The van der Waals surface area contributed by atoms with Crippen molar-refractivity contribution in [2.75, 3.05) is 24.3 Å². The number of esters is 2. The monoisotopic (exact) mass is 696 g/mol. The van der Waals surface area contributed by atoms with Crippen molar-refractivity contribution in [3.05, 3.63) is 88.2 Å². The largest absolute Gasteiger partial charge is 0.457 e. The summed E-state index contributed by atoms with van der Waals surface area (Å²) in [5, 5.41) is 5.92. The minimum absolute atomic E-state index is 0.0728. The lowest BCUT2D eigenvalue weighted by atomic mass is 10.0. The third kappa shape index (κ3) is 7.94. The number of hydrogen-bond donors (Lipinski definition) is 2. The number of hydrogen-bond acceptors (Lipinski definition) is 14. The van der Waals surface area contributed by atoms with Crippen LogP contribution in [0.25, 0.3) is 0 Å². The Bertz CT molecular complexity index is 1670. The third-order valence-corrected chi connectivity index (χ3v) is 9.55. The molecule has 1 saturated heterocycles. The minimum Gasteiger partial charge on any atom is -0.457 e. The Hall–Kier alpha value is -4.41. The number of carbonyl (C=O) groups is 4. The summed E-state index contributed by atoms with van der Waals surface area (Å²) in [5.41, 5.74) is 6.27. The Morgan fingerprint density at radius 1 is 1.11 bits per heavy atom. The first-order valence-electron chi connectivity index (χ1n) is 14.3. The molecular weight excluding hydrogens is 665 g/mol. The van der Waals surface area contributed by atoms with Crippen LogP contribution in [-0.2, 0) is 33.5 Å². The van der Waals surface area contributed by atoms with Gasteiger partial charge in [-0.2, -0.15) is 9.36 Å². The molecule has 3 heterocycles. The molecule has 0 spiro atoms. The second-order valence-electron chi connectivity index (χ2n) is 11.2. The number of ether oxygens (including phenoxy) is 2. The number of β-lactam (4-membered cyclic amide) rings is 1. The Morgan fingerprint density at radius 3 is 2.30 bits per heavy atom. The second-order valence-corrected chi connectivity index (χ2v) is 14.0. The van der Waals surface area contributed by atoms with Gasteiger partial charge in [0.1, 0.15) is 22.7 Å². The van der Waals surface area contributed by atoms with Gasteiger partial charge in [-0.15, -0.1) is 23.5 Å². The number of amides is 2. The van der Waals surface area contributed by atoms with Gasteiger partial charge in [0.25, 0.3) is 11.8 Å². The van der Waals surface area contributed by atoms with Gasteiger partial charge in [-0.3, -0.25) is 14.5 Å². The number of nitrogens with two attached hydrogens (primary N) is 1. The van der Waals surface area contributed by atoms with Crippen LogP contribution in [0, 0.1) is 0 Å². The Morgan fingerprint density at radius 2 is 1.74 bits per heavy atom. The van der Waals surface area contributed by atoms with Gasteiger partial charge in [-0.1, -0.05) is 65.8 Å². The maximum Gasteiger partial charge on any atom is 0.356 e. The van der Waals surface area contributed by atoms with Crippen LogP contribution in [-0.4, -0.2) is 79.4 Å². The van der Waals surface area contributed by atoms with Crippen molar-refractivity contribution < 1.29 is 33.5 Å². The van der Waals surface area contributed by atoms with Crippen LogP contribution >= 0.6 is 35.1 Å². The number of anilines is 1. The van der Waals surface area contributed by atoms with E-state index in [1.54, 1.807) is 20.8 Å². The van der Waals surface area contributed by atoms with Gasteiger partial charge in [0, 0.05) is 22.2 Å². The fourth-order valence-electron chi connectivity index (χ4n) is 4.73. The van der Waals surface area contributed by atoms with Crippen LogP contribution in [0.2, 0.25) is 0 Å². The molecule has 2 aliphatic heterocycles. The lowest BCUT2D eigenvalue weighted by Gasteiger charge is -2.49. The average Bonchev–Trinajstić information content (AvgIpc) is 3.48. The van der Waals surface area contributed by atoms with Gasteiger partial charge >= 0.3 is 11.9 Å². The van der Waals surface area contributed by atoms with E-state index >= 15 is 0 Å². The van der Waals surface area contributed by atoms with Gasteiger partial charge in [-0.25, -0.2) is 9.59 Å².